The standard InChI is InChI=1S/C82H75BN4/c1-79(2,3)56-33-45-70-67(46-56)66-42-32-59(82(10,11)12)49-75(66)86(70)62-38-43-68-76(50-62)84(60-34-26-54(27-35-60)52-20-15-13-16-21-52)71-24-19-25-72-78(71)83(68)69-44-39-63(51-77(69)85(72)61-36-28-55(29-37-61)53-22-17-14-18-23-53)87-73-47-57(80(4,5)6)30-40-64(73)65-41-31-58(48-74(65)87)81(7,8)9/h13-51H,1-12H3. The third-order valence-corrected chi connectivity index (χ3v) is 18.9. The van der Waals surface area contributed by atoms with Gasteiger partial charge in [0, 0.05) is 67.0 Å². The van der Waals surface area contributed by atoms with Gasteiger partial charge in [0.25, 0.3) is 6.71 Å². The summed E-state index contributed by atoms with van der Waals surface area (Å²) in [6.07, 6.45) is 0. The topological polar surface area (TPSA) is 16.3 Å². The van der Waals surface area contributed by atoms with Gasteiger partial charge in [-0.1, -0.05) is 229 Å². The smallest absolute Gasteiger partial charge is 0.252 e. The normalized spacial score (nSPS) is 13.4. The van der Waals surface area contributed by atoms with Crippen LogP contribution in [-0.4, -0.2) is 15.8 Å². The summed E-state index contributed by atoms with van der Waals surface area (Å²) in [5, 5.41) is 5.08. The van der Waals surface area contributed by atoms with Gasteiger partial charge in [-0.2, -0.15) is 0 Å². The van der Waals surface area contributed by atoms with Crippen molar-refractivity contribution in [3.05, 3.63) is 259 Å². The fourth-order valence-corrected chi connectivity index (χ4v) is 14.1. The highest BCUT2D eigenvalue weighted by Crippen LogP contribution is 2.48. The molecule has 0 spiro atoms. The fourth-order valence-electron chi connectivity index (χ4n) is 14.1. The van der Waals surface area contributed by atoms with E-state index in [0.717, 1.165) is 22.7 Å². The van der Waals surface area contributed by atoms with Crippen molar-refractivity contribution in [2.75, 3.05) is 9.80 Å². The molecule has 13 aromatic rings. The number of hydrogen-bond donors (Lipinski definition) is 0. The second-order valence-corrected chi connectivity index (χ2v) is 28.7. The van der Waals surface area contributed by atoms with Crippen molar-refractivity contribution >= 4 is 101 Å². The maximum absolute atomic E-state index is 2.56. The van der Waals surface area contributed by atoms with E-state index in [4.69, 9.17) is 0 Å². The molecule has 0 fully saturated rings. The minimum absolute atomic E-state index is 0.00410. The lowest BCUT2D eigenvalue weighted by Gasteiger charge is -2.44. The zero-order chi connectivity index (χ0) is 60.1. The predicted octanol–water partition coefficient (Wildman–Crippen LogP) is 20.5. The van der Waals surface area contributed by atoms with Crippen molar-refractivity contribution in [2.45, 2.75) is 105 Å². The lowest BCUT2D eigenvalue weighted by molar-refractivity contribution is 0.590. The van der Waals surface area contributed by atoms with Gasteiger partial charge in [0.1, 0.15) is 0 Å². The number of fused-ring (bicyclic) bond motifs is 10. The van der Waals surface area contributed by atoms with E-state index >= 15 is 0 Å². The molecule has 5 heteroatoms. The molecule has 0 N–H and O–H groups in total. The molecule has 0 radical (unpaired) electrons. The summed E-state index contributed by atoms with van der Waals surface area (Å²) in [5.74, 6) is 0. The Labute approximate surface area is 514 Å². The first-order chi connectivity index (χ1) is 41.7. The van der Waals surface area contributed by atoms with Crippen LogP contribution in [0.25, 0.3) is 77.2 Å². The summed E-state index contributed by atoms with van der Waals surface area (Å²) in [6.45, 7) is 27.8. The molecule has 2 aliphatic heterocycles. The lowest BCUT2D eigenvalue weighted by atomic mass is 9.33. The molecule has 0 unspecified atom stereocenters. The number of benzene rings is 11. The minimum atomic E-state index is -0.0953. The van der Waals surface area contributed by atoms with Crippen molar-refractivity contribution in [1.29, 1.82) is 0 Å². The van der Waals surface area contributed by atoms with Crippen LogP contribution in [0.3, 0.4) is 0 Å². The van der Waals surface area contributed by atoms with Crippen LogP contribution in [0.2, 0.25) is 0 Å². The molecule has 4 nitrogen and oxygen atoms in total. The predicted molar refractivity (Wildman–Crippen MR) is 375 cm³/mol. The molecule has 0 aliphatic carbocycles. The van der Waals surface area contributed by atoms with Gasteiger partial charge in [0.05, 0.1) is 22.1 Å². The molecule has 0 bridgehead atoms. The van der Waals surface area contributed by atoms with Crippen LogP contribution in [0, 0.1) is 0 Å². The van der Waals surface area contributed by atoms with E-state index in [-0.39, 0.29) is 28.4 Å². The van der Waals surface area contributed by atoms with Gasteiger partial charge in [-0.05, 0) is 174 Å². The fraction of sp³-hybridized carbons (Fsp3) is 0.195. The van der Waals surface area contributed by atoms with E-state index in [1.807, 2.05) is 0 Å². The van der Waals surface area contributed by atoms with E-state index in [0.29, 0.717) is 0 Å². The van der Waals surface area contributed by atoms with E-state index < -0.39 is 0 Å². The number of anilines is 6. The molecule has 2 aromatic heterocycles. The summed E-state index contributed by atoms with van der Waals surface area (Å²) in [7, 11) is 0. The highest BCUT2D eigenvalue weighted by Gasteiger charge is 2.44. The molecule has 2 aliphatic rings. The van der Waals surface area contributed by atoms with E-state index in [1.165, 1.54) is 127 Å². The SMILES string of the molecule is CC(C)(C)c1ccc2c(c1)c1ccc(C(C)(C)C)cc1n2-c1ccc2c(c1)N(c1ccc(-c3ccccc3)cc1)c1cccc3c1B2c1ccc(-n2c4cc(C(C)(C)C)ccc4c4ccc(C(C)(C)C)cc42)cc1N3c1ccc(-c2ccccc2)cc1. The molecular formula is C82H75BN4. The molecule has 0 saturated heterocycles. The quantitative estimate of drug-likeness (QED) is 0.154. The van der Waals surface area contributed by atoms with Crippen LogP contribution < -0.4 is 26.2 Å². The number of nitrogens with zero attached hydrogens (tertiary/aromatic N) is 4. The average Bonchev–Trinajstić information content (AvgIpc) is 1.12. The van der Waals surface area contributed by atoms with Gasteiger partial charge in [0.2, 0.25) is 0 Å². The van der Waals surface area contributed by atoms with Crippen LogP contribution in [0.1, 0.15) is 105 Å². The Kier molecular flexibility index (Phi) is 12.2. The second-order valence-electron chi connectivity index (χ2n) is 28.7. The molecule has 0 atom stereocenters. The Hall–Kier alpha value is -9.32. The summed E-state index contributed by atoms with van der Waals surface area (Å²) in [5.41, 5.74) is 27.9. The van der Waals surface area contributed by atoms with Crippen LogP contribution in [0.5, 0.6) is 0 Å². The number of aromatic nitrogens is 2. The summed E-state index contributed by atoms with van der Waals surface area (Å²) < 4.78 is 5.10. The first-order valence-electron chi connectivity index (χ1n) is 31.2. The third kappa shape index (κ3) is 8.94. The monoisotopic (exact) mass is 1130 g/mol. The maximum atomic E-state index is 2.56. The minimum Gasteiger partial charge on any atom is -0.311 e. The largest absolute Gasteiger partial charge is 0.311 e. The van der Waals surface area contributed by atoms with Crippen molar-refractivity contribution in [3.8, 4) is 33.6 Å². The molecule has 426 valence electrons. The highest BCUT2D eigenvalue weighted by atomic mass is 15.2. The van der Waals surface area contributed by atoms with Gasteiger partial charge in [-0.15, -0.1) is 0 Å². The zero-order valence-electron chi connectivity index (χ0n) is 52.4. The Bertz CT molecular complexity index is 4810. The first-order valence-corrected chi connectivity index (χ1v) is 31.2. The van der Waals surface area contributed by atoms with Gasteiger partial charge < -0.3 is 18.9 Å². The van der Waals surface area contributed by atoms with Crippen LogP contribution in [0.4, 0.5) is 34.1 Å². The second kappa shape index (κ2) is 19.6. The Morgan fingerprint density at radius 2 is 0.598 bits per heavy atom. The summed E-state index contributed by atoms with van der Waals surface area (Å²) >= 11 is 0. The van der Waals surface area contributed by atoms with Crippen LogP contribution >= 0.6 is 0 Å². The first kappa shape index (κ1) is 54.3. The number of rotatable bonds is 6. The van der Waals surface area contributed by atoms with E-state index in [9.17, 15) is 0 Å². The molecule has 0 saturated carbocycles. The van der Waals surface area contributed by atoms with Gasteiger partial charge in [0.15, 0.2) is 0 Å². The van der Waals surface area contributed by atoms with Crippen molar-refractivity contribution < 1.29 is 0 Å². The Balaban J connectivity index is 1.00. The molecular weight excluding hydrogens is 1050 g/mol. The number of hydrogen-bond acceptors (Lipinski definition) is 2. The molecule has 15 rings (SSSR count). The van der Waals surface area contributed by atoms with Crippen LogP contribution in [-0.2, 0) is 21.7 Å². The van der Waals surface area contributed by atoms with Gasteiger partial charge in [-0.25, -0.2) is 0 Å². The average molecular weight is 1130 g/mol. The lowest BCUT2D eigenvalue weighted by Crippen LogP contribution is -2.61. The van der Waals surface area contributed by atoms with Gasteiger partial charge >= 0.3 is 0 Å². The van der Waals surface area contributed by atoms with Crippen molar-refractivity contribution in [3.63, 3.8) is 0 Å². The maximum Gasteiger partial charge on any atom is 0.252 e. The summed E-state index contributed by atoms with van der Waals surface area (Å²) in [4.78, 5) is 5.12. The third-order valence-electron chi connectivity index (χ3n) is 18.9. The Morgan fingerprint density at radius 1 is 0.253 bits per heavy atom. The zero-order valence-corrected chi connectivity index (χ0v) is 52.4. The van der Waals surface area contributed by atoms with Crippen molar-refractivity contribution in [2.24, 2.45) is 0 Å². The molecule has 11 aromatic carbocycles. The molecule has 87 heavy (non-hydrogen) atoms. The highest BCUT2D eigenvalue weighted by molar-refractivity contribution is 7.00. The summed E-state index contributed by atoms with van der Waals surface area (Å²) in [6, 6.07) is 90.4. The van der Waals surface area contributed by atoms with Crippen molar-refractivity contribution in [1.82, 2.24) is 9.13 Å². The van der Waals surface area contributed by atoms with E-state index in [1.54, 1.807) is 0 Å². The molecule has 4 heterocycles. The van der Waals surface area contributed by atoms with Gasteiger partial charge in [-0.3, -0.25) is 0 Å². The Morgan fingerprint density at radius 3 is 1.00 bits per heavy atom. The van der Waals surface area contributed by atoms with Crippen LogP contribution in [0.15, 0.2) is 237 Å². The van der Waals surface area contributed by atoms with E-state index in [2.05, 4.69) is 339 Å². The molecule has 0 amide bonds.